The predicted octanol–water partition coefficient (Wildman–Crippen LogP) is 4.70. The van der Waals surface area contributed by atoms with Crippen molar-refractivity contribution in [3.8, 4) is 10.4 Å². The molecule has 2 N–H and O–H groups in total. The number of carbonyl (C=O) groups excluding carboxylic acids is 1. The van der Waals surface area contributed by atoms with Crippen LogP contribution in [0.2, 0.25) is 0 Å². The van der Waals surface area contributed by atoms with Gasteiger partial charge in [-0.2, -0.15) is 5.10 Å². The summed E-state index contributed by atoms with van der Waals surface area (Å²) < 4.78 is 1.78. The van der Waals surface area contributed by atoms with Gasteiger partial charge in [0.25, 0.3) is 0 Å². The highest BCUT2D eigenvalue weighted by Crippen LogP contribution is 2.28. The molecule has 0 aliphatic rings. The Morgan fingerprint density at radius 2 is 1.70 bits per heavy atom. The van der Waals surface area contributed by atoms with Crippen molar-refractivity contribution >= 4 is 28.2 Å². The molecule has 27 heavy (non-hydrogen) atoms. The van der Waals surface area contributed by atoms with Crippen LogP contribution < -0.4 is 10.6 Å². The molecule has 0 saturated heterocycles. The summed E-state index contributed by atoms with van der Waals surface area (Å²) in [4.78, 5) is 17.5. The van der Waals surface area contributed by atoms with E-state index in [1.54, 1.807) is 23.3 Å². The molecule has 4 rings (SSSR count). The Morgan fingerprint density at radius 3 is 2.48 bits per heavy atom. The van der Waals surface area contributed by atoms with Crippen molar-refractivity contribution < 1.29 is 4.79 Å². The standard InChI is InChI=1S/C20H17N5OS/c26-19(24-20-21-12-18(27-20)16-9-5-2-6-10-16)23-17-11-22-25(14-17)13-15-7-3-1-4-8-15/h1-12,14H,13H2,(H2,21,23,24,26). The number of rotatable bonds is 5. The van der Waals surface area contributed by atoms with E-state index in [1.165, 1.54) is 11.3 Å². The third-order valence-corrected chi connectivity index (χ3v) is 4.82. The van der Waals surface area contributed by atoms with Gasteiger partial charge in [-0.05, 0) is 11.1 Å². The predicted molar refractivity (Wildman–Crippen MR) is 108 cm³/mol. The van der Waals surface area contributed by atoms with Crippen molar-refractivity contribution in [3.63, 3.8) is 0 Å². The van der Waals surface area contributed by atoms with Gasteiger partial charge < -0.3 is 5.32 Å². The van der Waals surface area contributed by atoms with Gasteiger partial charge in [0.1, 0.15) is 0 Å². The second-order valence-corrected chi connectivity index (χ2v) is 6.92. The number of hydrogen-bond donors (Lipinski definition) is 2. The molecule has 2 aromatic carbocycles. The molecule has 4 aromatic rings. The van der Waals surface area contributed by atoms with Crippen LogP contribution in [0.3, 0.4) is 0 Å². The average molecular weight is 375 g/mol. The Kier molecular flexibility index (Phi) is 4.93. The van der Waals surface area contributed by atoms with E-state index in [0.29, 0.717) is 17.4 Å². The molecule has 7 heteroatoms. The van der Waals surface area contributed by atoms with Crippen molar-refractivity contribution in [2.45, 2.75) is 6.54 Å². The van der Waals surface area contributed by atoms with Crippen molar-refractivity contribution in [1.29, 1.82) is 0 Å². The summed E-state index contributed by atoms with van der Waals surface area (Å²) in [6.45, 7) is 0.650. The lowest BCUT2D eigenvalue weighted by Crippen LogP contribution is -2.18. The van der Waals surface area contributed by atoms with Crippen molar-refractivity contribution in [3.05, 3.63) is 84.8 Å². The van der Waals surface area contributed by atoms with Crippen LogP contribution in [-0.4, -0.2) is 20.8 Å². The van der Waals surface area contributed by atoms with E-state index in [1.807, 2.05) is 60.7 Å². The minimum absolute atomic E-state index is 0.344. The molecular weight excluding hydrogens is 358 g/mol. The number of amides is 2. The molecule has 2 heterocycles. The quantitative estimate of drug-likeness (QED) is 0.531. The molecule has 0 radical (unpaired) electrons. The molecule has 0 unspecified atom stereocenters. The number of nitrogens with one attached hydrogen (secondary N) is 2. The van der Waals surface area contributed by atoms with Crippen LogP contribution >= 0.6 is 11.3 Å². The number of anilines is 2. The van der Waals surface area contributed by atoms with Crippen LogP contribution in [0.25, 0.3) is 10.4 Å². The fraction of sp³-hybridized carbons (Fsp3) is 0.0500. The number of hydrogen-bond acceptors (Lipinski definition) is 4. The fourth-order valence-corrected chi connectivity index (χ4v) is 3.43. The molecular formula is C20H17N5OS. The number of benzene rings is 2. The second-order valence-electron chi connectivity index (χ2n) is 5.89. The lowest BCUT2D eigenvalue weighted by Gasteiger charge is -2.03. The number of carbonyl (C=O) groups is 1. The van der Waals surface area contributed by atoms with E-state index < -0.39 is 0 Å². The van der Waals surface area contributed by atoms with Crippen LogP contribution in [-0.2, 0) is 6.54 Å². The Bertz CT molecular complexity index is 1030. The summed E-state index contributed by atoms with van der Waals surface area (Å²) in [7, 11) is 0. The summed E-state index contributed by atoms with van der Waals surface area (Å²) in [5, 5.41) is 10.4. The zero-order chi connectivity index (χ0) is 18.5. The highest BCUT2D eigenvalue weighted by molar-refractivity contribution is 7.19. The van der Waals surface area contributed by atoms with E-state index in [2.05, 4.69) is 20.7 Å². The van der Waals surface area contributed by atoms with Gasteiger partial charge in [0.2, 0.25) is 0 Å². The highest BCUT2D eigenvalue weighted by atomic mass is 32.1. The van der Waals surface area contributed by atoms with Gasteiger partial charge in [-0.25, -0.2) is 9.78 Å². The number of nitrogens with zero attached hydrogens (tertiary/aromatic N) is 3. The van der Waals surface area contributed by atoms with Crippen LogP contribution in [0.4, 0.5) is 15.6 Å². The lowest BCUT2D eigenvalue weighted by molar-refractivity contribution is 0.262. The molecule has 0 saturated carbocycles. The number of aromatic nitrogens is 3. The van der Waals surface area contributed by atoms with Gasteiger partial charge in [0.05, 0.1) is 23.3 Å². The second kappa shape index (κ2) is 7.84. The monoisotopic (exact) mass is 375 g/mol. The van der Waals surface area contributed by atoms with Gasteiger partial charge in [-0.1, -0.05) is 72.0 Å². The van der Waals surface area contributed by atoms with E-state index in [-0.39, 0.29) is 6.03 Å². The van der Waals surface area contributed by atoms with E-state index >= 15 is 0 Å². The van der Waals surface area contributed by atoms with E-state index in [9.17, 15) is 4.79 Å². The largest absolute Gasteiger partial charge is 0.325 e. The summed E-state index contributed by atoms with van der Waals surface area (Å²) in [6, 6.07) is 19.6. The SMILES string of the molecule is O=C(Nc1cnn(Cc2ccccc2)c1)Nc1ncc(-c2ccccc2)s1. The smallest absolute Gasteiger partial charge is 0.305 e. The maximum absolute atomic E-state index is 12.2. The first-order chi connectivity index (χ1) is 13.3. The zero-order valence-corrected chi connectivity index (χ0v) is 15.2. The van der Waals surface area contributed by atoms with Crippen LogP contribution in [0.15, 0.2) is 79.3 Å². The summed E-state index contributed by atoms with van der Waals surface area (Å²) in [6.07, 6.45) is 5.18. The third-order valence-electron chi connectivity index (χ3n) is 3.86. The van der Waals surface area contributed by atoms with Crippen LogP contribution in [0.5, 0.6) is 0 Å². The number of urea groups is 1. The first-order valence-electron chi connectivity index (χ1n) is 8.42. The van der Waals surface area contributed by atoms with Crippen molar-refractivity contribution in [2.24, 2.45) is 0 Å². The summed E-state index contributed by atoms with van der Waals surface area (Å²) in [5.74, 6) is 0. The first kappa shape index (κ1) is 17.0. The van der Waals surface area contributed by atoms with Crippen molar-refractivity contribution in [1.82, 2.24) is 14.8 Å². The molecule has 2 aromatic heterocycles. The van der Waals surface area contributed by atoms with Crippen molar-refractivity contribution in [2.75, 3.05) is 10.6 Å². The van der Waals surface area contributed by atoms with Gasteiger partial charge in [-0.3, -0.25) is 10.00 Å². The van der Waals surface area contributed by atoms with E-state index in [4.69, 9.17) is 0 Å². The molecule has 0 spiro atoms. The Balaban J connectivity index is 1.35. The fourth-order valence-electron chi connectivity index (χ4n) is 2.61. The lowest BCUT2D eigenvalue weighted by atomic mass is 10.2. The maximum Gasteiger partial charge on any atom is 0.325 e. The third kappa shape index (κ3) is 4.39. The Hall–Kier alpha value is -3.45. The molecule has 0 aliphatic heterocycles. The van der Waals surface area contributed by atoms with Crippen LogP contribution in [0, 0.1) is 0 Å². The van der Waals surface area contributed by atoms with Gasteiger partial charge in [0, 0.05) is 12.4 Å². The minimum atomic E-state index is -0.344. The molecule has 0 bridgehead atoms. The number of thiazole rings is 1. The zero-order valence-electron chi connectivity index (χ0n) is 14.4. The van der Waals surface area contributed by atoms with Gasteiger partial charge >= 0.3 is 6.03 Å². The Labute approximate surface area is 160 Å². The highest BCUT2D eigenvalue weighted by Gasteiger charge is 2.09. The topological polar surface area (TPSA) is 71.8 Å². The molecule has 0 fully saturated rings. The molecule has 0 aliphatic carbocycles. The van der Waals surface area contributed by atoms with Gasteiger partial charge in [0.15, 0.2) is 5.13 Å². The molecule has 6 nitrogen and oxygen atoms in total. The summed E-state index contributed by atoms with van der Waals surface area (Å²) >= 11 is 1.43. The normalized spacial score (nSPS) is 10.5. The molecule has 0 atom stereocenters. The maximum atomic E-state index is 12.2. The average Bonchev–Trinajstić information content (AvgIpc) is 3.33. The van der Waals surface area contributed by atoms with E-state index in [0.717, 1.165) is 16.0 Å². The summed E-state index contributed by atoms with van der Waals surface area (Å²) in [5.41, 5.74) is 2.85. The first-order valence-corrected chi connectivity index (χ1v) is 9.23. The Morgan fingerprint density at radius 1 is 0.963 bits per heavy atom. The van der Waals surface area contributed by atoms with Crippen LogP contribution in [0.1, 0.15) is 5.56 Å². The minimum Gasteiger partial charge on any atom is -0.305 e. The molecule has 2 amide bonds. The van der Waals surface area contributed by atoms with Gasteiger partial charge in [-0.15, -0.1) is 0 Å². The molecule has 134 valence electrons.